The lowest BCUT2D eigenvalue weighted by Gasteiger charge is -2.24. The number of anilines is 1. The van der Waals surface area contributed by atoms with Crippen LogP contribution in [0.2, 0.25) is 0 Å². The van der Waals surface area contributed by atoms with Gasteiger partial charge in [0.25, 0.3) is 5.91 Å². The number of ether oxygens (including phenoxy) is 2. The summed E-state index contributed by atoms with van der Waals surface area (Å²) in [5.74, 6) is -0.666. The topological polar surface area (TPSA) is 118 Å². The number of carbonyl (C=O) groups excluding carboxylic acids is 2. The third-order valence-electron chi connectivity index (χ3n) is 7.04. The number of carbonyl (C=O) groups is 2. The van der Waals surface area contributed by atoms with Crippen molar-refractivity contribution in [1.29, 1.82) is 0 Å². The molecule has 2 aromatic heterocycles. The van der Waals surface area contributed by atoms with Crippen LogP contribution in [0, 0.1) is 13.8 Å². The number of imidazole rings is 1. The number of aliphatic hydroxyl groups excluding tert-OH is 1. The van der Waals surface area contributed by atoms with E-state index in [0.29, 0.717) is 43.7 Å². The number of nitrogens with zero attached hydrogens (tertiary/aromatic N) is 3. The first-order valence-corrected chi connectivity index (χ1v) is 13.6. The summed E-state index contributed by atoms with van der Waals surface area (Å²) in [6.07, 6.45) is 0. The van der Waals surface area contributed by atoms with E-state index in [4.69, 9.17) is 9.47 Å². The molecule has 0 saturated heterocycles. The summed E-state index contributed by atoms with van der Waals surface area (Å²) in [6, 6.07) is 19.5. The molecule has 0 radical (unpaired) electrons. The van der Waals surface area contributed by atoms with Crippen LogP contribution in [0.15, 0.2) is 78.1 Å². The lowest BCUT2D eigenvalue weighted by molar-refractivity contribution is -0.117. The molecule has 1 aliphatic rings. The van der Waals surface area contributed by atoms with Crippen molar-refractivity contribution in [3.8, 4) is 22.1 Å². The number of benzene rings is 3. The molecular formula is C31H26N4O5S. The third kappa shape index (κ3) is 4.42. The lowest BCUT2D eigenvalue weighted by Crippen LogP contribution is -2.32. The van der Waals surface area contributed by atoms with Crippen LogP contribution in [0.5, 0.6) is 11.5 Å². The Hall–Kier alpha value is -4.96. The first-order chi connectivity index (χ1) is 19.8. The number of thiazole rings is 1. The van der Waals surface area contributed by atoms with Crippen molar-refractivity contribution in [2.75, 3.05) is 19.1 Å². The van der Waals surface area contributed by atoms with Crippen molar-refractivity contribution in [3.05, 3.63) is 99.8 Å². The lowest BCUT2D eigenvalue weighted by atomic mass is 9.94. The van der Waals surface area contributed by atoms with Gasteiger partial charge in [-0.1, -0.05) is 60.2 Å². The van der Waals surface area contributed by atoms with Gasteiger partial charge in [0.1, 0.15) is 5.01 Å². The zero-order chi connectivity index (χ0) is 28.8. The molecule has 0 saturated carbocycles. The maximum atomic E-state index is 14.2. The number of hydrogen-bond acceptors (Lipinski definition) is 8. The van der Waals surface area contributed by atoms with Gasteiger partial charge in [-0.15, -0.1) is 11.3 Å². The Bertz CT molecular complexity index is 1820. The predicted molar refractivity (Wildman–Crippen MR) is 157 cm³/mol. The van der Waals surface area contributed by atoms with E-state index in [1.165, 1.54) is 30.5 Å². The maximum Gasteiger partial charge on any atom is 0.296 e. The van der Waals surface area contributed by atoms with Crippen molar-refractivity contribution in [1.82, 2.24) is 15.0 Å². The number of H-pyrrole nitrogens is 1. The number of aryl methyl sites for hydroxylation is 2. The molecule has 6 rings (SSSR count). The number of nitrogens with one attached hydrogen (secondary N) is 1. The van der Waals surface area contributed by atoms with Gasteiger partial charge in [0.15, 0.2) is 17.3 Å². The second-order valence-electron chi connectivity index (χ2n) is 9.67. The Kier molecular flexibility index (Phi) is 6.55. The molecule has 9 nitrogen and oxygen atoms in total. The fraction of sp³-hybridized carbons (Fsp3) is 0.161. The van der Waals surface area contributed by atoms with Crippen molar-refractivity contribution in [3.63, 3.8) is 0 Å². The quantitative estimate of drug-likeness (QED) is 0.229. The highest BCUT2D eigenvalue weighted by atomic mass is 32.1. The second kappa shape index (κ2) is 10.2. The molecule has 0 spiro atoms. The molecule has 2 N–H and O–H groups in total. The molecule has 0 aliphatic carbocycles. The van der Waals surface area contributed by atoms with Crippen LogP contribution in [0.4, 0.5) is 5.95 Å². The summed E-state index contributed by atoms with van der Waals surface area (Å²) in [7, 11) is 3.06. The van der Waals surface area contributed by atoms with Crippen molar-refractivity contribution >= 4 is 40.0 Å². The van der Waals surface area contributed by atoms with Crippen LogP contribution in [0.3, 0.4) is 0 Å². The maximum absolute atomic E-state index is 14.2. The number of amides is 1. The average molecular weight is 567 g/mol. The Morgan fingerprint density at radius 1 is 0.976 bits per heavy atom. The van der Waals surface area contributed by atoms with E-state index in [1.54, 1.807) is 19.1 Å². The molecule has 0 fully saturated rings. The molecular weight excluding hydrogens is 540 g/mol. The first-order valence-electron chi connectivity index (χ1n) is 12.8. The van der Waals surface area contributed by atoms with E-state index < -0.39 is 23.5 Å². The van der Waals surface area contributed by atoms with Crippen LogP contribution >= 0.6 is 11.3 Å². The second-order valence-corrected chi connectivity index (χ2v) is 10.7. The highest BCUT2D eigenvalue weighted by molar-refractivity contribution is 7.17. The van der Waals surface area contributed by atoms with Gasteiger partial charge in [0.05, 0.1) is 47.4 Å². The summed E-state index contributed by atoms with van der Waals surface area (Å²) in [6.45, 7) is 3.68. The Balaban J connectivity index is 1.48. The zero-order valence-electron chi connectivity index (χ0n) is 22.8. The number of methoxy groups -OCH3 is 2. The molecule has 1 amide bonds. The minimum Gasteiger partial charge on any atom is -0.503 e. The molecule has 41 heavy (non-hydrogen) atoms. The summed E-state index contributed by atoms with van der Waals surface area (Å²) in [5, 5.41) is 11.9. The molecule has 0 bridgehead atoms. The van der Waals surface area contributed by atoms with E-state index in [1.807, 2.05) is 61.5 Å². The fourth-order valence-electron chi connectivity index (χ4n) is 5.08. The minimum absolute atomic E-state index is 0.0254. The molecule has 1 aliphatic heterocycles. The minimum atomic E-state index is -0.930. The van der Waals surface area contributed by atoms with Crippen LogP contribution in [-0.2, 0) is 4.79 Å². The predicted octanol–water partition coefficient (Wildman–Crippen LogP) is 6.10. The molecule has 1 unspecified atom stereocenters. The highest BCUT2D eigenvalue weighted by Gasteiger charge is 2.46. The van der Waals surface area contributed by atoms with Gasteiger partial charge in [0.2, 0.25) is 11.7 Å². The largest absolute Gasteiger partial charge is 0.503 e. The zero-order valence-corrected chi connectivity index (χ0v) is 23.6. The number of rotatable bonds is 7. The van der Waals surface area contributed by atoms with E-state index in [-0.39, 0.29) is 11.5 Å². The van der Waals surface area contributed by atoms with Gasteiger partial charge in [-0.05, 0) is 19.4 Å². The van der Waals surface area contributed by atoms with E-state index in [9.17, 15) is 14.7 Å². The summed E-state index contributed by atoms with van der Waals surface area (Å²) < 4.78 is 10.8. The van der Waals surface area contributed by atoms with Crippen molar-refractivity contribution < 1.29 is 24.2 Å². The monoisotopic (exact) mass is 566 g/mol. The van der Waals surface area contributed by atoms with Crippen LogP contribution in [0.25, 0.3) is 21.6 Å². The van der Waals surface area contributed by atoms with Gasteiger partial charge in [-0.25, -0.2) is 9.97 Å². The molecule has 5 aromatic rings. The number of Topliss-reactive ketones (excluding diaryl/α,β-unsaturated/α-hetero) is 1. The van der Waals surface area contributed by atoms with Gasteiger partial charge in [-0.2, -0.15) is 0 Å². The number of fused-ring (bicyclic) bond motifs is 1. The fourth-order valence-corrected chi connectivity index (χ4v) is 6.11. The van der Waals surface area contributed by atoms with Crippen LogP contribution in [-0.4, -0.2) is 46.0 Å². The SMILES string of the molecule is COc1cc2nc(N3C(=O)C(O)=C(C(=O)c4sc(-c5ccccc5)nc4C)C3c3cccc(C)c3)[nH]c2cc1OC. The first kappa shape index (κ1) is 26.3. The number of aromatic nitrogens is 3. The van der Waals surface area contributed by atoms with Crippen molar-refractivity contribution in [2.24, 2.45) is 0 Å². The Labute approximate surface area is 239 Å². The number of aromatic amines is 1. The number of hydrogen-bond donors (Lipinski definition) is 2. The smallest absolute Gasteiger partial charge is 0.296 e. The van der Waals surface area contributed by atoms with Gasteiger partial charge >= 0.3 is 0 Å². The van der Waals surface area contributed by atoms with Crippen molar-refractivity contribution in [2.45, 2.75) is 19.9 Å². The number of aliphatic hydroxyl groups is 1. The normalized spacial score (nSPS) is 15.2. The van der Waals surface area contributed by atoms with E-state index in [2.05, 4.69) is 15.0 Å². The van der Waals surface area contributed by atoms with Gasteiger partial charge in [0, 0.05) is 17.7 Å². The molecule has 1 atom stereocenters. The molecule has 10 heteroatoms. The molecule has 206 valence electrons. The van der Waals surface area contributed by atoms with Gasteiger partial charge < -0.3 is 19.6 Å². The Morgan fingerprint density at radius 2 is 1.71 bits per heavy atom. The van der Waals surface area contributed by atoms with Gasteiger partial charge in [-0.3, -0.25) is 14.5 Å². The standard InChI is InChI=1S/C31H26N4O5S/c1-16-9-8-12-19(13-16)25-24(26(36)28-17(2)32-29(41-28)18-10-6-5-7-11-18)27(37)30(38)35(25)31-33-20-14-22(39-3)23(40-4)15-21(20)34-31/h5-15,25,37H,1-4H3,(H,33,34). The van der Waals surface area contributed by atoms with Crippen LogP contribution in [0.1, 0.15) is 32.5 Å². The summed E-state index contributed by atoms with van der Waals surface area (Å²) >= 11 is 1.23. The summed E-state index contributed by atoms with van der Waals surface area (Å²) in [5.41, 5.74) is 4.10. The van der Waals surface area contributed by atoms with E-state index in [0.717, 1.165) is 11.1 Å². The number of ketones is 1. The average Bonchev–Trinajstić information content (AvgIpc) is 3.65. The molecule has 3 aromatic carbocycles. The summed E-state index contributed by atoms with van der Waals surface area (Å²) in [4.78, 5) is 42.0. The van der Waals surface area contributed by atoms with E-state index >= 15 is 0 Å². The highest BCUT2D eigenvalue weighted by Crippen LogP contribution is 2.43. The van der Waals surface area contributed by atoms with Crippen LogP contribution < -0.4 is 14.4 Å². The molecule has 3 heterocycles. The third-order valence-corrected chi connectivity index (χ3v) is 8.24. The Morgan fingerprint density at radius 3 is 2.41 bits per heavy atom.